The van der Waals surface area contributed by atoms with Crippen LogP contribution in [0.5, 0.6) is 0 Å². The minimum absolute atomic E-state index is 0.0949. The summed E-state index contributed by atoms with van der Waals surface area (Å²) in [5.41, 5.74) is 4.02. The molecule has 0 spiro atoms. The van der Waals surface area contributed by atoms with Crippen LogP contribution in [0.3, 0.4) is 0 Å². The minimum Gasteiger partial charge on any atom is -0.330 e. The lowest BCUT2D eigenvalue weighted by molar-refractivity contribution is 0.0673. The molecule has 0 aliphatic carbocycles. The zero-order valence-electron chi connectivity index (χ0n) is 19.7. The Morgan fingerprint density at radius 2 is 1.83 bits per heavy atom. The van der Waals surface area contributed by atoms with Crippen LogP contribution in [-0.4, -0.2) is 37.3 Å². The van der Waals surface area contributed by atoms with E-state index in [9.17, 15) is 18.0 Å². The van der Waals surface area contributed by atoms with E-state index in [0.717, 1.165) is 23.3 Å². The second-order valence-electron chi connectivity index (χ2n) is 8.95. The zero-order valence-corrected chi connectivity index (χ0v) is 20.4. The first kappa shape index (κ1) is 24.1. The van der Waals surface area contributed by atoms with Crippen LogP contribution >= 0.6 is 11.6 Å². The molecule has 4 aromatic rings. The molecule has 1 amide bonds. The number of carbonyl (C=O) groups is 1. The first-order valence-corrected chi connectivity index (χ1v) is 11.9. The highest BCUT2D eigenvalue weighted by atomic mass is 35.5. The van der Waals surface area contributed by atoms with Gasteiger partial charge >= 0.3 is 0 Å². The van der Waals surface area contributed by atoms with Gasteiger partial charge in [-0.1, -0.05) is 11.6 Å². The van der Waals surface area contributed by atoms with E-state index < -0.39 is 29.4 Å². The van der Waals surface area contributed by atoms with Gasteiger partial charge < -0.3 is 4.90 Å². The summed E-state index contributed by atoms with van der Waals surface area (Å²) in [6, 6.07) is 5.41. The highest BCUT2D eigenvalue weighted by Gasteiger charge is 2.34. The first-order chi connectivity index (χ1) is 17.2. The molecule has 1 aliphatic heterocycles. The monoisotopic (exact) mass is 513 g/mol. The predicted octanol–water partition coefficient (Wildman–Crippen LogP) is 5.43. The Morgan fingerprint density at radius 1 is 1.11 bits per heavy atom. The number of aromatic amines is 1. The summed E-state index contributed by atoms with van der Waals surface area (Å²) in [7, 11) is 1.70. The van der Waals surface area contributed by atoms with Crippen molar-refractivity contribution >= 4 is 17.5 Å². The molecule has 6 nitrogen and oxygen atoms in total. The Bertz CT molecular complexity index is 1430. The number of nitrogens with zero attached hydrogens (tertiary/aromatic N) is 4. The third kappa shape index (κ3) is 4.39. The molecular weight excluding hydrogens is 491 g/mol. The number of H-pyrrole nitrogens is 1. The van der Waals surface area contributed by atoms with Gasteiger partial charge in [0.15, 0.2) is 0 Å². The summed E-state index contributed by atoms with van der Waals surface area (Å²) in [5.74, 6) is -2.29. The molecule has 1 atom stereocenters. The van der Waals surface area contributed by atoms with Crippen LogP contribution in [0.4, 0.5) is 13.2 Å². The predicted molar refractivity (Wildman–Crippen MR) is 129 cm³/mol. The standard InChI is InChI=1S/C26H23ClF3N5O/c1-14-24-21(25(34(2)33-24)17-8-18(28)10-19(29)9-17)5-6-35(14)26(36)22-11-20(30)7-16(23(22)27)4-3-15-12-31-32-13-15/h7-14H,3-6H2,1-2H3,(H,31,32)/t14-/m0/s1. The average Bonchev–Trinajstić information content (AvgIpc) is 3.46. The van der Waals surface area contributed by atoms with Crippen molar-refractivity contribution in [3.63, 3.8) is 0 Å². The lowest BCUT2D eigenvalue weighted by atomic mass is 9.94. The van der Waals surface area contributed by atoms with Gasteiger partial charge in [-0.2, -0.15) is 10.2 Å². The van der Waals surface area contributed by atoms with E-state index >= 15 is 0 Å². The fourth-order valence-corrected chi connectivity index (χ4v) is 5.19. The molecule has 3 heterocycles. The third-order valence-corrected chi connectivity index (χ3v) is 7.07. The van der Waals surface area contributed by atoms with Gasteiger partial charge in [0.2, 0.25) is 0 Å². The SMILES string of the molecule is C[C@H]1c2nn(C)c(-c3cc(F)cc(F)c3)c2CCN1C(=O)c1cc(F)cc(CCc2cn[nH]c2)c1Cl. The first-order valence-electron chi connectivity index (χ1n) is 11.5. The van der Waals surface area contributed by atoms with Gasteiger partial charge in [-0.05, 0) is 61.6 Å². The van der Waals surface area contributed by atoms with Crippen molar-refractivity contribution in [1.29, 1.82) is 0 Å². The topological polar surface area (TPSA) is 66.8 Å². The molecule has 0 radical (unpaired) electrons. The molecule has 10 heteroatoms. The smallest absolute Gasteiger partial charge is 0.256 e. The minimum atomic E-state index is -0.676. The summed E-state index contributed by atoms with van der Waals surface area (Å²) >= 11 is 6.59. The maximum Gasteiger partial charge on any atom is 0.256 e. The van der Waals surface area contributed by atoms with Crippen LogP contribution in [0, 0.1) is 17.5 Å². The molecule has 1 N–H and O–H groups in total. The van der Waals surface area contributed by atoms with E-state index in [2.05, 4.69) is 15.3 Å². The Hall–Kier alpha value is -3.59. The molecule has 0 bridgehead atoms. The highest BCUT2D eigenvalue weighted by molar-refractivity contribution is 6.34. The summed E-state index contributed by atoms with van der Waals surface area (Å²) < 4.78 is 43.9. The lowest BCUT2D eigenvalue weighted by Gasteiger charge is -2.33. The molecule has 2 aromatic carbocycles. The lowest BCUT2D eigenvalue weighted by Crippen LogP contribution is -2.39. The highest BCUT2D eigenvalue weighted by Crippen LogP contribution is 2.37. The van der Waals surface area contributed by atoms with Gasteiger partial charge in [0.25, 0.3) is 5.91 Å². The van der Waals surface area contributed by atoms with Gasteiger partial charge in [0.05, 0.1) is 34.2 Å². The number of benzene rings is 2. The van der Waals surface area contributed by atoms with Crippen molar-refractivity contribution in [1.82, 2.24) is 24.9 Å². The number of amides is 1. The largest absolute Gasteiger partial charge is 0.330 e. The average molecular weight is 514 g/mol. The Kier molecular flexibility index (Phi) is 6.34. The van der Waals surface area contributed by atoms with Crippen LogP contribution in [0.15, 0.2) is 42.7 Å². The van der Waals surface area contributed by atoms with E-state index in [0.29, 0.717) is 48.3 Å². The maximum atomic E-state index is 14.5. The van der Waals surface area contributed by atoms with E-state index in [1.54, 1.807) is 29.0 Å². The molecule has 0 fully saturated rings. The molecule has 36 heavy (non-hydrogen) atoms. The maximum absolute atomic E-state index is 14.5. The van der Waals surface area contributed by atoms with Gasteiger partial charge in [-0.3, -0.25) is 14.6 Å². The molecule has 0 unspecified atom stereocenters. The van der Waals surface area contributed by atoms with Crippen molar-refractivity contribution in [2.75, 3.05) is 6.54 Å². The van der Waals surface area contributed by atoms with Gasteiger partial charge in [-0.15, -0.1) is 0 Å². The van der Waals surface area contributed by atoms with Crippen LogP contribution in [0.2, 0.25) is 5.02 Å². The number of nitrogens with one attached hydrogen (secondary N) is 1. The normalized spacial score (nSPS) is 15.3. The van der Waals surface area contributed by atoms with Crippen molar-refractivity contribution in [3.05, 3.63) is 93.1 Å². The molecular formula is C26H23ClF3N5O. The summed E-state index contributed by atoms with van der Waals surface area (Å²) in [6.45, 7) is 2.15. The quantitative estimate of drug-likeness (QED) is 0.387. The zero-order chi connectivity index (χ0) is 25.6. The fraction of sp³-hybridized carbons (Fsp3) is 0.269. The fourth-order valence-electron chi connectivity index (χ4n) is 4.90. The molecule has 0 saturated heterocycles. The summed E-state index contributed by atoms with van der Waals surface area (Å²) in [4.78, 5) is 15.2. The number of hydrogen-bond donors (Lipinski definition) is 1. The van der Waals surface area contributed by atoms with Crippen molar-refractivity contribution in [2.24, 2.45) is 7.05 Å². The van der Waals surface area contributed by atoms with Crippen LogP contribution in [0.25, 0.3) is 11.3 Å². The van der Waals surface area contributed by atoms with E-state index in [1.165, 1.54) is 18.2 Å². The number of hydrogen-bond acceptors (Lipinski definition) is 3. The number of halogens is 4. The number of rotatable bonds is 5. The second-order valence-corrected chi connectivity index (χ2v) is 9.33. The molecule has 1 aliphatic rings. The van der Waals surface area contributed by atoms with Crippen LogP contribution in [0.1, 0.15) is 45.7 Å². The number of aryl methyl sites for hydroxylation is 3. The van der Waals surface area contributed by atoms with Gasteiger partial charge in [0, 0.05) is 37.0 Å². The van der Waals surface area contributed by atoms with E-state index in [4.69, 9.17) is 11.6 Å². The summed E-state index contributed by atoms with van der Waals surface area (Å²) in [6.07, 6.45) is 4.91. The Morgan fingerprint density at radius 3 is 2.53 bits per heavy atom. The molecule has 0 saturated carbocycles. The molecule has 186 valence electrons. The van der Waals surface area contributed by atoms with Crippen LogP contribution in [-0.2, 0) is 26.3 Å². The van der Waals surface area contributed by atoms with Crippen molar-refractivity contribution in [2.45, 2.75) is 32.2 Å². The molecule has 5 rings (SSSR count). The second kappa shape index (κ2) is 9.46. The summed E-state index contributed by atoms with van der Waals surface area (Å²) in [5, 5.41) is 11.4. The Balaban J connectivity index is 1.44. The Labute approximate surface area is 210 Å². The van der Waals surface area contributed by atoms with Gasteiger partial charge in [-0.25, -0.2) is 13.2 Å². The van der Waals surface area contributed by atoms with Gasteiger partial charge in [0.1, 0.15) is 17.5 Å². The number of fused-ring (bicyclic) bond motifs is 1. The number of carbonyl (C=O) groups excluding carboxylic acids is 1. The van der Waals surface area contributed by atoms with E-state index in [-0.39, 0.29) is 10.6 Å². The molecule has 2 aromatic heterocycles. The van der Waals surface area contributed by atoms with Crippen molar-refractivity contribution in [3.8, 4) is 11.3 Å². The van der Waals surface area contributed by atoms with Crippen molar-refractivity contribution < 1.29 is 18.0 Å². The van der Waals surface area contributed by atoms with Crippen LogP contribution < -0.4 is 0 Å². The van der Waals surface area contributed by atoms with E-state index in [1.807, 2.05) is 6.92 Å². The number of aromatic nitrogens is 4. The third-order valence-electron chi connectivity index (χ3n) is 6.62.